The van der Waals surface area contributed by atoms with Crippen LogP contribution in [0.3, 0.4) is 0 Å². The van der Waals surface area contributed by atoms with Crippen LogP contribution in [-0.2, 0) is 14.8 Å². The van der Waals surface area contributed by atoms with Crippen LogP contribution in [0.15, 0.2) is 23.1 Å². The number of amides is 1. The number of anilines is 1. The lowest BCUT2D eigenvalue weighted by Gasteiger charge is -2.16. The molecule has 0 aliphatic rings. The quantitative estimate of drug-likeness (QED) is 0.762. The van der Waals surface area contributed by atoms with Gasteiger partial charge in [0.2, 0.25) is 15.9 Å². The summed E-state index contributed by atoms with van der Waals surface area (Å²) in [5.41, 5.74) is 0.402. The van der Waals surface area contributed by atoms with Crippen LogP contribution in [0, 0.1) is 0 Å². The number of hydrogen-bond acceptors (Lipinski definition) is 5. The average Bonchev–Trinajstić information content (AvgIpc) is 2.40. The van der Waals surface area contributed by atoms with E-state index in [1.54, 1.807) is 20.0 Å². The van der Waals surface area contributed by atoms with Crippen LogP contribution in [0.4, 0.5) is 5.69 Å². The largest absolute Gasteiger partial charge is 0.492 e. The normalized spacial score (nSPS) is 11.0. The van der Waals surface area contributed by atoms with Crippen molar-refractivity contribution in [2.75, 3.05) is 39.6 Å². The summed E-state index contributed by atoms with van der Waals surface area (Å²) in [5, 5.41) is 5.34. The zero-order chi connectivity index (χ0) is 16.0. The van der Waals surface area contributed by atoms with Crippen molar-refractivity contribution in [2.45, 2.75) is 11.8 Å². The molecule has 0 fully saturated rings. The standard InChI is InChI=1S/C13H21N3O4S.ClH/c1-5-20-11-7-6-10(15-13(17)9-14-2)8-12(11)21(18,19)16(3)4;/h6-8,14H,5,9H2,1-4H3,(H,15,17);1H. The van der Waals surface area contributed by atoms with E-state index in [1.165, 1.54) is 26.2 Å². The summed E-state index contributed by atoms with van der Waals surface area (Å²) in [4.78, 5) is 11.6. The molecule has 0 bridgehead atoms. The first-order chi connectivity index (χ1) is 9.82. The highest BCUT2D eigenvalue weighted by molar-refractivity contribution is 7.89. The van der Waals surface area contributed by atoms with Crippen molar-refractivity contribution in [1.29, 1.82) is 0 Å². The number of benzene rings is 1. The molecule has 0 atom stereocenters. The first-order valence-corrected chi connectivity index (χ1v) is 7.90. The Hall–Kier alpha value is -1.35. The van der Waals surface area contributed by atoms with Gasteiger partial charge in [0.1, 0.15) is 10.6 Å². The van der Waals surface area contributed by atoms with Gasteiger partial charge in [-0.25, -0.2) is 12.7 Å². The zero-order valence-corrected chi connectivity index (χ0v) is 14.7. The minimum atomic E-state index is -3.66. The second kappa shape index (κ2) is 8.94. The number of nitrogens with zero attached hydrogens (tertiary/aromatic N) is 1. The summed E-state index contributed by atoms with van der Waals surface area (Å²) < 4.78 is 31.1. The second-order valence-corrected chi connectivity index (χ2v) is 6.58. The Morgan fingerprint density at radius 1 is 1.32 bits per heavy atom. The van der Waals surface area contributed by atoms with Crippen molar-refractivity contribution in [3.05, 3.63) is 18.2 Å². The molecule has 0 heterocycles. The van der Waals surface area contributed by atoms with E-state index >= 15 is 0 Å². The highest BCUT2D eigenvalue weighted by atomic mass is 35.5. The maximum absolute atomic E-state index is 12.3. The minimum absolute atomic E-state index is 0. The van der Waals surface area contributed by atoms with Gasteiger partial charge in [0.05, 0.1) is 13.2 Å². The molecule has 22 heavy (non-hydrogen) atoms. The van der Waals surface area contributed by atoms with E-state index in [9.17, 15) is 13.2 Å². The summed E-state index contributed by atoms with van der Waals surface area (Å²) in [7, 11) is 0.877. The third kappa shape index (κ3) is 5.13. The summed E-state index contributed by atoms with van der Waals surface area (Å²) in [6, 6.07) is 4.54. The predicted molar refractivity (Wildman–Crippen MR) is 88.3 cm³/mol. The molecule has 0 aromatic heterocycles. The number of halogens is 1. The molecule has 0 saturated carbocycles. The molecule has 0 saturated heterocycles. The fourth-order valence-corrected chi connectivity index (χ4v) is 2.68. The van der Waals surface area contributed by atoms with E-state index in [4.69, 9.17) is 4.74 Å². The minimum Gasteiger partial charge on any atom is -0.492 e. The number of hydrogen-bond donors (Lipinski definition) is 2. The van der Waals surface area contributed by atoms with E-state index in [1.807, 2.05) is 0 Å². The van der Waals surface area contributed by atoms with Gasteiger partial charge in [0.15, 0.2) is 0 Å². The maximum atomic E-state index is 12.3. The average molecular weight is 352 g/mol. The van der Waals surface area contributed by atoms with E-state index in [0.717, 1.165) is 4.31 Å². The van der Waals surface area contributed by atoms with Crippen molar-refractivity contribution in [3.63, 3.8) is 0 Å². The zero-order valence-electron chi connectivity index (χ0n) is 13.0. The van der Waals surface area contributed by atoms with E-state index in [-0.39, 0.29) is 35.5 Å². The molecule has 2 N–H and O–H groups in total. The Morgan fingerprint density at radius 3 is 2.45 bits per heavy atom. The molecule has 0 unspecified atom stereocenters. The Bertz CT molecular complexity index is 605. The molecule has 0 aliphatic carbocycles. The van der Waals surface area contributed by atoms with Crippen LogP contribution in [0.1, 0.15) is 6.92 Å². The summed E-state index contributed by atoms with van der Waals surface area (Å²) >= 11 is 0. The van der Waals surface area contributed by atoms with Gasteiger partial charge in [-0.15, -0.1) is 12.4 Å². The topological polar surface area (TPSA) is 87.7 Å². The Morgan fingerprint density at radius 2 is 1.95 bits per heavy atom. The van der Waals surface area contributed by atoms with Gasteiger partial charge in [-0.2, -0.15) is 0 Å². The number of rotatable bonds is 7. The molecule has 9 heteroatoms. The Balaban J connectivity index is 0.00000441. The number of nitrogens with one attached hydrogen (secondary N) is 2. The first-order valence-electron chi connectivity index (χ1n) is 6.46. The highest BCUT2D eigenvalue weighted by Crippen LogP contribution is 2.29. The SMILES string of the molecule is CCOc1ccc(NC(=O)CNC)cc1S(=O)(=O)N(C)C.Cl. The number of sulfonamides is 1. The van der Waals surface area contributed by atoms with Gasteiger partial charge in [-0.05, 0) is 32.2 Å². The van der Waals surface area contributed by atoms with Crippen molar-refractivity contribution in [3.8, 4) is 5.75 Å². The fourth-order valence-electron chi connectivity index (χ4n) is 1.62. The van der Waals surface area contributed by atoms with Gasteiger partial charge in [0.25, 0.3) is 0 Å². The van der Waals surface area contributed by atoms with Gasteiger partial charge in [0, 0.05) is 19.8 Å². The number of carbonyl (C=O) groups excluding carboxylic acids is 1. The lowest BCUT2D eigenvalue weighted by atomic mass is 10.3. The first kappa shape index (κ1) is 20.6. The molecular formula is C13H22ClN3O4S. The van der Waals surface area contributed by atoms with E-state index in [0.29, 0.717) is 12.3 Å². The second-order valence-electron chi connectivity index (χ2n) is 4.46. The summed E-state index contributed by atoms with van der Waals surface area (Å²) in [6.07, 6.45) is 0. The third-order valence-corrected chi connectivity index (χ3v) is 4.46. The van der Waals surface area contributed by atoms with Crippen LogP contribution in [0.25, 0.3) is 0 Å². The monoisotopic (exact) mass is 351 g/mol. The Labute approximate surface area is 137 Å². The van der Waals surface area contributed by atoms with E-state index in [2.05, 4.69) is 10.6 Å². The van der Waals surface area contributed by atoms with Crippen molar-refractivity contribution < 1.29 is 17.9 Å². The van der Waals surface area contributed by atoms with Crippen LogP contribution in [-0.4, -0.2) is 52.9 Å². The van der Waals surface area contributed by atoms with Gasteiger partial charge < -0.3 is 15.4 Å². The van der Waals surface area contributed by atoms with Crippen LogP contribution in [0.2, 0.25) is 0 Å². The Kier molecular flexibility index (Phi) is 8.39. The number of carbonyl (C=O) groups is 1. The molecule has 0 radical (unpaired) electrons. The molecule has 0 aliphatic heterocycles. The van der Waals surface area contributed by atoms with Crippen LogP contribution >= 0.6 is 12.4 Å². The molecule has 1 amide bonds. The number of ether oxygens (including phenoxy) is 1. The molecule has 126 valence electrons. The molecule has 7 nitrogen and oxygen atoms in total. The van der Waals surface area contributed by atoms with Gasteiger partial charge in [-0.3, -0.25) is 4.79 Å². The molecule has 1 aromatic rings. The summed E-state index contributed by atoms with van der Waals surface area (Å²) in [5.74, 6) is 0.00711. The van der Waals surface area contributed by atoms with Crippen LogP contribution < -0.4 is 15.4 Å². The van der Waals surface area contributed by atoms with Crippen molar-refractivity contribution in [1.82, 2.24) is 9.62 Å². The molecular weight excluding hydrogens is 330 g/mol. The smallest absolute Gasteiger partial charge is 0.246 e. The van der Waals surface area contributed by atoms with Crippen molar-refractivity contribution in [2.24, 2.45) is 0 Å². The molecule has 1 rings (SSSR count). The van der Waals surface area contributed by atoms with Crippen LogP contribution in [0.5, 0.6) is 5.75 Å². The van der Waals surface area contributed by atoms with Gasteiger partial charge >= 0.3 is 0 Å². The molecule has 0 spiro atoms. The lowest BCUT2D eigenvalue weighted by Crippen LogP contribution is -2.26. The molecule has 1 aromatic carbocycles. The predicted octanol–water partition coefficient (Wildman–Crippen LogP) is 0.915. The fraction of sp³-hybridized carbons (Fsp3) is 0.462. The maximum Gasteiger partial charge on any atom is 0.246 e. The van der Waals surface area contributed by atoms with Gasteiger partial charge in [-0.1, -0.05) is 0 Å². The lowest BCUT2D eigenvalue weighted by molar-refractivity contribution is -0.115. The highest BCUT2D eigenvalue weighted by Gasteiger charge is 2.23. The van der Waals surface area contributed by atoms with E-state index < -0.39 is 10.0 Å². The number of likely N-dealkylation sites (N-methyl/N-ethyl adjacent to an activating group) is 1. The van der Waals surface area contributed by atoms with Crippen molar-refractivity contribution >= 4 is 34.0 Å². The third-order valence-electron chi connectivity index (χ3n) is 2.62. The summed E-state index contributed by atoms with van der Waals surface area (Å²) in [6.45, 7) is 2.26.